The SMILES string of the molecule is CC(C)c1ccc(Cc2cc3c(=O)n([C@H]4CCCC[C@@H]4O)cnc3c3ccccc23)cn1. The van der Waals surface area contributed by atoms with Crippen molar-refractivity contribution in [1.29, 1.82) is 0 Å². The Morgan fingerprint density at radius 2 is 1.81 bits per heavy atom. The van der Waals surface area contributed by atoms with Crippen LogP contribution in [0.15, 0.2) is 59.8 Å². The lowest BCUT2D eigenvalue weighted by molar-refractivity contribution is 0.0735. The summed E-state index contributed by atoms with van der Waals surface area (Å²) >= 11 is 0. The van der Waals surface area contributed by atoms with Gasteiger partial charge in [-0.25, -0.2) is 4.98 Å². The summed E-state index contributed by atoms with van der Waals surface area (Å²) in [7, 11) is 0. The molecule has 0 radical (unpaired) electrons. The maximum absolute atomic E-state index is 13.5. The largest absolute Gasteiger partial charge is 0.391 e. The lowest BCUT2D eigenvalue weighted by atomic mass is 9.92. The Kier molecular flexibility index (Phi) is 5.51. The molecular weight excluding hydrogens is 398 g/mol. The fraction of sp³-hybridized carbons (Fsp3) is 0.370. The molecule has 1 N–H and O–H groups in total. The topological polar surface area (TPSA) is 68.0 Å². The van der Waals surface area contributed by atoms with Crippen LogP contribution in [0.1, 0.15) is 68.3 Å². The van der Waals surface area contributed by atoms with E-state index in [-0.39, 0.29) is 11.6 Å². The highest BCUT2D eigenvalue weighted by atomic mass is 16.3. The van der Waals surface area contributed by atoms with E-state index in [0.717, 1.165) is 58.8 Å². The molecule has 5 rings (SSSR count). The zero-order valence-corrected chi connectivity index (χ0v) is 18.7. The van der Waals surface area contributed by atoms with Crippen molar-refractivity contribution in [3.8, 4) is 0 Å². The number of benzene rings is 2. The van der Waals surface area contributed by atoms with Gasteiger partial charge in [0.2, 0.25) is 0 Å². The monoisotopic (exact) mass is 427 g/mol. The first-order valence-electron chi connectivity index (χ1n) is 11.6. The molecule has 1 saturated carbocycles. The summed E-state index contributed by atoms with van der Waals surface area (Å²) < 4.78 is 1.66. The van der Waals surface area contributed by atoms with Crippen LogP contribution in [0.5, 0.6) is 0 Å². The lowest BCUT2D eigenvalue weighted by Crippen LogP contribution is -2.34. The van der Waals surface area contributed by atoms with Crippen molar-refractivity contribution < 1.29 is 5.11 Å². The molecule has 32 heavy (non-hydrogen) atoms. The molecule has 2 aromatic carbocycles. The average molecular weight is 428 g/mol. The molecule has 164 valence electrons. The molecule has 0 saturated heterocycles. The Morgan fingerprint density at radius 3 is 2.53 bits per heavy atom. The van der Waals surface area contributed by atoms with Crippen LogP contribution in [0.25, 0.3) is 21.7 Å². The van der Waals surface area contributed by atoms with Crippen LogP contribution in [0.2, 0.25) is 0 Å². The highest BCUT2D eigenvalue weighted by Gasteiger charge is 2.26. The minimum atomic E-state index is -0.494. The summed E-state index contributed by atoms with van der Waals surface area (Å²) in [6.07, 6.45) is 7.34. The average Bonchev–Trinajstić information content (AvgIpc) is 2.81. The standard InChI is InChI=1S/C27H29N3O2/c1-17(2)23-12-11-18(15-28-23)13-19-14-22-26(21-8-4-3-7-20(19)21)29-16-30(27(22)32)24-9-5-6-10-25(24)31/h3-4,7-8,11-12,14-17,24-25,31H,5-6,9-10,13H2,1-2H3/t24-,25-/m0/s1. The van der Waals surface area contributed by atoms with Crippen LogP contribution in [0.3, 0.4) is 0 Å². The van der Waals surface area contributed by atoms with E-state index in [0.29, 0.717) is 17.7 Å². The van der Waals surface area contributed by atoms with Gasteiger partial charge in [-0.15, -0.1) is 0 Å². The first kappa shape index (κ1) is 20.8. The zero-order valence-electron chi connectivity index (χ0n) is 18.7. The van der Waals surface area contributed by atoms with E-state index in [1.54, 1.807) is 10.9 Å². The molecule has 2 aromatic heterocycles. The van der Waals surface area contributed by atoms with E-state index in [4.69, 9.17) is 4.98 Å². The molecule has 0 spiro atoms. The van der Waals surface area contributed by atoms with Crippen molar-refractivity contribution in [3.05, 3.63) is 82.2 Å². The maximum Gasteiger partial charge on any atom is 0.261 e. The molecule has 4 aromatic rings. The minimum Gasteiger partial charge on any atom is -0.391 e. The Balaban J connectivity index is 1.64. The van der Waals surface area contributed by atoms with Crippen LogP contribution >= 0.6 is 0 Å². The Hall–Kier alpha value is -3.05. The van der Waals surface area contributed by atoms with E-state index in [9.17, 15) is 9.90 Å². The number of pyridine rings is 1. The molecule has 0 aliphatic heterocycles. The molecule has 0 unspecified atom stereocenters. The Bertz CT molecular complexity index is 1320. The fourth-order valence-electron chi connectivity index (χ4n) is 4.95. The second kappa shape index (κ2) is 8.47. The number of aliphatic hydroxyl groups is 1. The third-order valence-corrected chi connectivity index (χ3v) is 6.76. The minimum absolute atomic E-state index is 0.0683. The van der Waals surface area contributed by atoms with Gasteiger partial charge < -0.3 is 5.11 Å². The van der Waals surface area contributed by atoms with Gasteiger partial charge in [0.15, 0.2) is 0 Å². The molecule has 5 nitrogen and oxygen atoms in total. The molecule has 2 heterocycles. The molecule has 5 heteroatoms. The normalized spacial score (nSPS) is 19.1. The van der Waals surface area contributed by atoms with E-state index in [2.05, 4.69) is 37.0 Å². The van der Waals surface area contributed by atoms with Gasteiger partial charge in [0.05, 0.1) is 29.4 Å². The number of aliphatic hydroxyl groups excluding tert-OH is 1. The van der Waals surface area contributed by atoms with E-state index in [1.807, 2.05) is 30.5 Å². The summed E-state index contributed by atoms with van der Waals surface area (Å²) in [5, 5.41) is 13.2. The molecule has 2 atom stereocenters. The second-order valence-electron chi connectivity index (χ2n) is 9.28. The first-order valence-corrected chi connectivity index (χ1v) is 11.6. The molecular formula is C27H29N3O2. The van der Waals surface area contributed by atoms with Crippen molar-refractivity contribution >= 4 is 21.7 Å². The van der Waals surface area contributed by atoms with Crippen LogP contribution in [0, 0.1) is 0 Å². The van der Waals surface area contributed by atoms with Gasteiger partial charge in [-0.3, -0.25) is 14.3 Å². The van der Waals surface area contributed by atoms with Gasteiger partial charge in [0.1, 0.15) is 0 Å². The predicted octanol–water partition coefficient (Wildman–Crippen LogP) is 5.13. The van der Waals surface area contributed by atoms with Gasteiger partial charge in [0.25, 0.3) is 5.56 Å². The first-order chi connectivity index (χ1) is 15.5. The van der Waals surface area contributed by atoms with Gasteiger partial charge >= 0.3 is 0 Å². The van der Waals surface area contributed by atoms with Crippen molar-refractivity contribution in [1.82, 2.24) is 14.5 Å². The van der Waals surface area contributed by atoms with E-state index >= 15 is 0 Å². The highest BCUT2D eigenvalue weighted by molar-refractivity contribution is 6.06. The molecule has 1 aliphatic rings. The Morgan fingerprint density at radius 1 is 1.03 bits per heavy atom. The van der Waals surface area contributed by atoms with Gasteiger partial charge in [-0.1, -0.05) is 57.0 Å². The quantitative estimate of drug-likeness (QED) is 0.458. The van der Waals surface area contributed by atoms with Crippen LogP contribution in [-0.4, -0.2) is 25.7 Å². The third-order valence-electron chi connectivity index (χ3n) is 6.76. The smallest absolute Gasteiger partial charge is 0.261 e. The molecule has 1 fully saturated rings. The molecule has 0 amide bonds. The van der Waals surface area contributed by atoms with Crippen LogP contribution in [0.4, 0.5) is 0 Å². The summed E-state index contributed by atoms with van der Waals surface area (Å²) in [5.74, 6) is 0.394. The molecule has 0 bridgehead atoms. The number of rotatable bonds is 4. The number of nitrogens with zero attached hydrogens (tertiary/aromatic N) is 3. The predicted molar refractivity (Wildman–Crippen MR) is 128 cm³/mol. The van der Waals surface area contributed by atoms with Crippen molar-refractivity contribution in [2.45, 2.75) is 64.0 Å². The molecule has 1 aliphatic carbocycles. The number of hydrogen-bond acceptors (Lipinski definition) is 4. The second-order valence-corrected chi connectivity index (χ2v) is 9.28. The fourth-order valence-corrected chi connectivity index (χ4v) is 4.95. The summed E-state index contributed by atoms with van der Waals surface area (Å²) in [6.45, 7) is 4.28. The zero-order chi connectivity index (χ0) is 22.2. The number of aromatic nitrogens is 3. The van der Waals surface area contributed by atoms with Crippen molar-refractivity contribution in [3.63, 3.8) is 0 Å². The summed E-state index contributed by atoms with van der Waals surface area (Å²) in [4.78, 5) is 22.9. The van der Waals surface area contributed by atoms with E-state index in [1.165, 1.54) is 0 Å². The maximum atomic E-state index is 13.5. The van der Waals surface area contributed by atoms with Gasteiger partial charge in [-0.2, -0.15) is 0 Å². The summed E-state index contributed by atoms with van der Waals surface area (Å²) in [6, 6.07) is 14.2. The summed E-state index contributed by atoms with van der Waals surface area (Å²) in [5.41, 5.74) is 3.94. The lowest BCUT2D eigenvalue weighted by Gasteiger charge is -2.29. The van der Waals surface area contributed by atoms with Crippen LogP contribution < -0.4 is 5.56 Å². The van der Waals surface area contributed by atoms with Crippen LogP contribution in [-0.2, 0) is 6.42 Å². The van der Waals surface area contributed by atoms with Crippen molar-refractivity contribution in [2.75, 3.05) is 0 Å². The third kappa shape index (κ3) is 3.71. The highest BCUT2D eigenvalue weighted by Crippen LogP contribution is 2.30. The van der Waals surface area contributed by atoms with E-state index < -0.39 is 6.10 Å². The van der Waals surface area contributed by atoms with Gasteiger partial charge in [0, 0.05) is 17.3 Å². The van der Waals surface area contributed by atoms with Crippen molar-refractivity contribution in [2.24, 2.45) is 0 Å². The Labute approximate surface area is 187 Å². The van der Waals surface area contributed by atoms with Gasteiger partial charge in [-0.05, 0) is 53.8 Å². The number of fused-ring (bicyclic) bond motifs is 3. The number of hydrogen-bond donors (Lipinski definition) is 1.